The number of nitrogens with zero attached hydrogens (tertiary/aromatic N) is 1. The summed E-state index contributed by atoms with van der Waals surface area (Å²) in [5.41, 5.74) is 6.48. The van der Waals surface area contributed by atoms with E-state index in [-0.39, 0.29) is 11.8 Å². The Morgan fingerprint density at radius 2 is 1.45 bits per heavy atom. The number of rotatable bonds is 2. The van der Waals surface area contributed by atoms with Crippen LogP contribution in [0.4, 0.5) is 11.4 Å². The Balaban J connectivity index is 1.74. The molecule has 4 aromatic rings. The molecular formula is C29H21NO. The van der Waals surface area contributed by atoms with Crippen LogP contribution < -0.4 is 4.90 Å². The molecule has 0 radical (unpaired) electrons. The quantitative estimate of drug-likeness (QED) is 0.351. The molecule has 0 saturated heterocycles. The molecule has 1 atom stereocenters. The van der Waals surface area contributed by atoms with Gasteiger partial charge in [-0.25, -0.2) is 0 Å². The summed E-state index contributed by atoms with van der Waals surface area (Å²) in [4.78, 5) is 15.7. The maximum absolute atomic E-state index is 13.8. The van der Waals surface area contributed by atoms with Gasteiger partial charge in [0, 0.05) is 11.3 Å². The monoisotopic (exact) mass is 399 g/mol. The summed E-state index contributed by atoms with van der Waals surface area (Å²) in [6, 6.07) is 31.2. The van der Waals surface area contributed by atoms with E-state index in [0.29, 0.717) is 0 Å². The summed E-state index contributed by atoms with van der Waals surface area (Å²) in [5, 5.41) is 2.41. The highest BCUT2D eigenvalue weighted by Crippen LogP contribution is 2.50. The van der Waals surface area contributed by atoms with Crippen molar-refractivity contribution >= 4 is 33.6 Å². The Morgan fingerprint density at radius 3 is 2.23 bits per heavy atom. The number of anilines is 2. The van der Waals surface area contributed by atoms with Gasteiger partial charge in [-0.1, -0.05) is 91.0 Å². The predicted octanol–water partition coefficient (Wildman–Crippen LogP) is 7.14. The maximum Gasteiger partial charge on any atom is 0.239 e. The van der Waals surface area contributed by atoms with Crippen LogP contribution in [0.1, 0.15) is 12.0 Å². The number of hydrogen-bond donors (Lipinski definition) is 0. The smallest absolute Gasteiger partial charge is 0.239 e. The first-order valence-corrected chi connectivity index (χ1v) is 10.7. The molecule has 4 aromatic carbocycles. The van der Waals surface area contributed by atoms with Crippen molar-refractivity contribution in [1.82, 2.24) is 0 Å². The third-order valence-electron chi connectivity index (χ3n) is 6.33. The van der Waals surface area contributed by atoms with Crippen molar-refractivity contribution in [3.63, 3.8) is 0 Å². The Hall–Kier alpha value is -3.91. The van der Waals surface area contributed by atoms with Crippen molar-refractivity contribution in [2.75, 3.05) is 4.90 Å². The standard InChI is InChI=1S/C29H21NO/c31-29-25-18-10-9-17-24(25)28-23-16-8-7-15-22(23)26(20-11-3-1-4-12-20)19-27(28)30(29)21-13-5-2-6-14-21/h1-17,19,25H,18H2. The molecule has 0 spiro atoms. The topological polar surface area (TPSA) is 20.3 Å². The number of hydrogen-bond acceptors (Lipinski definition) is 1. The predicted molar refractivity (Wildman–Crippen MR) is 128 cm³/mol. The van der Waals surface area contributed by atoms with Crippen molar-refractivity contribution in [1.29, 1.82) is 0 Å². The minimum atomic E-state index is -0.149. The van der Waals surface area contributed by atoms with Crippen LogP contribution in [0.25, 0.3) is 27.5 Å². The molecule has 2 heteroatoms. The van der Waals surface area contributed by atoms with E-state index >= 15 is 0 Å². The Bertz CT molecular complexity index is 1370. The van der Waals surface area contributed by atoms with E-state index in [4.69, 9.17) is 0 Å². The van der Waals surface area contributed by atoms with Crippen LogP contribution in [0.5, 0.6) is 0 Å². The molecule has 148 valence electrons. The zero-order valence-corrected chi connectivity index (χ0v) is 17.0. The van der Waals surface area contributed by atoms with Gasteiger partial charge in [0.15, 0.2) is 0 Å². The van der Waals surface area contributed by atoms with E-state index in [1.165, 1.54) is 16.3 Å². The molecule has 6 rings (SSSR count). The van der Waals surface area contributed by atoms with Gasteiger partial charge < -0.3 is 0 Å². The first-order chi connectivity index (χ1) is 15.3. The molecule has 1 unspecified atom stereocenters. The molecular weight excluding hydrogens is 378 g/mol. The zero-order valence-electron chi connectivity index (χ0n) is 17.0. The summed E-state index contributed by atoms with van der Waals surface area (Å²) in [5.74, 6) is -0.00715. The molecule has 2 aliphatic rings. The molecule has 0 N–H and O–H groups in total. The molecule has 0 fully saturated rings. The second-order valence-electron chi connectivity index (χ2n) is 8.08. The highest BCUT2D eigenvalue weighted by molar-refractivity contribution is 6.19. The van der Waals surface area contributed by atoms with Crippen LogP contribution in [0.3, 0.4) is 0 Å². The van der Waals surface area contributed by atoms with Crippen LogP contribution in [-0.4, -0.2) is 5.91 Å². The van der Waals surface area contributed by atoms with Crippen LogP contribution >= 0.6 is 0 Å². The van der Waals surface area contributed by atoms with Crippen molar-refractivity contribution < 1.29 is 4.79 Å². The van der Waals surface area contributed by atoms with Crippen LogP contribution in [0.15, 0.2) is 109 Å². The van der Waals surface area contributed by atoms with Gasteiger partial charge in [0.25, 0.3) is 0 Å². The van der Waals surface area contributed by atoms with E-state index < -0.39 is 0 Å². The Labute approximate surface area is 181 Å². The third kappa shape index (κ3) is 2.76. The molecule has 1 heterocycles. The van der Waals surface area contributed by atoms with Gasteiger partial charge in [-0.2, -0.15) is 0 Å². The molecule has 0 aromatic heterocycles. The lowest BCUT2D eigenvalue weighted by Gasteiger charge is -2.38. The number of carbonyl (C=O) groups is 1. The van der Waals surface area contributed by atoms with Gasteiger partial charge in [-0.15, -0.1) is 0 Å². The van der Waals surface area contributed by atoms with Gasteiger partial charge in [0.2, 0.25) is 5.91 Å². The van der Waals surface area contributed by atoms with Crippen molar-refractivity contribution in [2.45, 2.75) is 6.42 Å². The number of carbonyl (C=O) groups excluding carboxylic acids is 1. The largest absolute Gasteiger partial charge is 0.280 e. The SMILES string of the molecule is O=C1C2CC=CC=C2c2c(cc(-c3ccccc3)c3ccccc23)N1c1ccccc1. The zero-order chi connectivity index (χ0) is 20.8. The Morgan fingerprint density at radius 1 is 0.774 bits per heavy atom. The maximum atomic E-state index is 13.8. The van der Waals surface area contributed by atoms with E-state index in [9.17, 15) is 4.79 Å². The van der Waals surface area contributed by atoms with E-state index in [0.717, 1.165) is 34.5 Å². The second kappa shape index (κ2) is 7.10. The number of para-hydroxylation sites is 1. The van der Waals surface area contributed by atoms with Crippen LogP contribution in [-0.2, 0) is 4.79 Å². The fourth-order valence-corrected chi connectivity index (χ4v) is 4.94. The highest BCUT2D eigenvalue weighted by atomic mass is 16.2. The molecule has 0 saturated carbocycles. The van der Waals surface area contributed by atoms with Gasteiger partial charge in [0.05, 0.1) is 11.6 Å². The molecule has 31 heavy (non-hydrogen) atoms. The summed E-state index contributed by atoms with van der Waals surface area (Å²) in [6.45, 7) is 0. The first-order valence-electron chi connectivity index (χ1n) is 10.7. The fraction of sp³-hybridized carbons (Fsp3) is 0.0690. The van der Waals surface area contributed by atoms with Gasteiger partial charge in [-0.05, 0) is 52.1 Å². The molecule has 1 aliphatic heterocycles. The third-order valence-corrected chi connectivity index (χ3v) is 6.33. The van der Waals surface area contributed by atoms with Crippen molar-refractivity contribution in [3.8, 4) is 11.1 Å². The van der Waals surface area contributed by atoms with Crippen molar-refractivity contribution in [2.24, 2.45) is 5.92 Å². The summed E-state index contributed by atoms with van der Waals surface area (Å²) < 4.78 is 0. The number of amides is 1. The lowest BCUT2D eigenvalue weighted by atomic mass is 9.78. The molecule has 1 amide bonds. The number of allylic oxidation sites excluding steroid dienone is 3. The summed E-state index contributed by atoms with van der Waals surface area (Å²) >= 11 is 0. The summed E-state index contributed by atoms with van der Waals surface area (Å²) in [7, 11) is 0. The van der Waals surface area contributed by atoms with Gasteiger partial charge >= 0.3 is 0 Å². The number of benzene rings is 4. The molecule has 2 nitrogen and oxygen atoms in total. The van der Waals surface area contributed by atoms with Crippen LogP contribution in [0.2, 0.25) is 0 Å². The first kappa shape index (κ1) is 17.9. The van der Waals surface area contributed by atoms with E-state index in [2.05, 4.69) is 72.8 Å². The highest BCUT2D eigenvalue weighted by Gasteiger charge is 2.38. The average molecular weight is 399 g/mol. The lowest BCUT2D eigenvalue weighted by molar-refractivity contribution is -0.120. The lowest BCUT2D eigenvalue weighted by Crippen LogP contribution is -2.38. The Kier molecular flexibility index (Phi) is 4.10. The van der Waals surface area contributed by atoms with Gasteiger partial charge in [0.1, 0.15) is 0 Å². The molecule has 1 aliphatic carbocycles. The summed E-state index contributed by atoms with van der Waals surface area (Å²) in [6.07, 6.45) is 7.05. The minimum absolute atomic E-state index is 0.142. The van der Waals surface area contributed by atoms with E-state index in [1.807, 2.05) is 41.3 Å². The van der Waals surface area contributed by atoms with Crippen LogP contribution in [0, 0.1) is 5.92 Å². The number of fused-ring (bicyclic) bond motifs is 5. The fourth-order valence-electron chi connectivity index (χ4n) is 4.94. The second-order valence-corrected chi connectivity index (χ2v) is 8.08. The minimum Gasteiger partial charge on any atom is -0.280 e. The van der Waals surface area contributed by atoms with Gasteiger partial charge in [-0.3, -0.25) is 9.69 Å². The molecule has 0 bridgehead atoms. The average Bonchev–Trinajstić information content (AvgIpc) is 2.85. The van der Waals surface area contributed by atoms with E-state index in [1.54, 1.807) is 0 Å². The van der Waals surface area contributed by atoms with Crippen molar-refractivity contribution in [3.05, 3.63) is 115 Å². The normalized spacial score (nSPS) is 17.3.